The molecule has 20 heavy (non-hydrogen) atoms. The van der Waals surface area contributed by atoms with Crippen LogP contribution in [0, 0.1) is 6.92 Å². The fourth-order valence-electron chi connectivity index (χ4n) is 2.41. The number of hydrogen-bond donors (Lipinski definition) is 1. The van der Waals surface area contributed by atoms with Crippen molar-refractivity contribution in [2.24, 2.45) is 0 Å². The Morgan fingerprint density at radius 1 is 1.55 bits per heavy atom. The van der Waals surface area contributed by atoms with Crippen LogP contribution in [0.25, 0.3) is 0 Å². The first kappa shape index (κ1) is 14.8. The van der Waals surface area contributed by atoms with Crippen molar-refractivity contribution in [3.8, 4) is 5.75 Å². The molecule has 0 saturated carbocycles. The summed E-state index contributed by atoms with van der Waals surface area (Å²) < 4.78 is 10.9. The number of ether oxygens (including phenoxy) is 2. The monoisotopic (exact) mass is 278 g/mol. The van der Waals surface area contributed by atoms with Gasteiger partial charge in [0.05, 0.1) is 25.4 Å². The molecule has 1 fully saturated rings. The molecule has 1 aliphatic rings. The predicted molar refractivity (Wildman–Crippen MR) is 77.3 cm³/mol. The molecule has 1 aliphatic heterocycles. The van der Waals surface area contributed by atoms with Crippen LogP contribution in [0.4, 0.5) is 0 Å². The number of hydrogen-bond acceptors (Lipinski definition) is 4. The number of carbonyl (C=O) groups excluding carboxylic acids is 1. The van der Waals surface area contributed by atoms with E-state index < -0.39 is 0 Å². The van der Waals surface area contributed by atoms with Crippen LogP contribution >= 0.6 is 0 Å². The van der Waals surface area contributed by atoms with Gasteiger partial charge in [-0.15, -0.1) is 0 Å². The first-order chi connectivity index (χ1) is 9.65. The van der Waals surface area contributed by atoms with Crippen molar-refractivity contribution in [2.75, 3.05) is 40.4 Å². The molecule has 110 valence electrons. The van der Waals surface area contributed by atoms with Crippen LogP contribution in [-0.4, -0.2) is 57.3 Å². The van der Waals surface area contributed by atoms with Gasteiger partial charge in [0.1, 0.15) is 5.75 Å². The van der Waals surface area contributed by atoms with E-state index in [1.165, 1.54) is 0 Å². The van der Waals surface area contributed by atoms with Gasteiger partial charge >= 0.3 is 0 Å². The van der Waals surface area contributed by atoms with Gasteiger partial charge in [-0.25, -0.2) is 0 Å². The molecule has 0 aliphatic carbocycles. The minimum atomic E-state index is 0.00922. The summed E-state index contributed by atoms with van der Waals surface area (Å²) in [6.07, 6.45) is 0.0495. The largest absolute Gasteiger partial charge is 0.496 e. The van der Waals surface area contributed by atoms with Crippen LogP contribution in [0.5, 0.6) is 5.75 Å². The first-order valence-electron chi connectivity index (χ1n) is 6.86. The number of amides is 1. The summed E-state index contributed by atoms with van der Waals surface area (Å²) in [6, 6.07) is 5.66. The number of likely N-dealkylation sites (N-methyl/N-ethyl adjacent to an activating group) is 1. The molecule has 0 radical (unpaired) electrons. The molecule has 5 heteroatoms. The highest BCUT2D eigenvalue weighted by Gasteiger charge is 2.26. The molecular weight excluding hydrogens is 256 g/mol. The molecule has 1 heterocycles. The van der Waals surface area contributed by atoms with Gasteiger partial charge in [-0.3, -0.25) is 4.79 Å². The summed E-state index contributed by atoms with van der Waals surface area (Å²) in [5, 5.41) is 3.08. The van der Waals surface area contributed by atoms with E-state index in [4.69, 9.17) is 9.47 Å². The number of morpholine rings is 1. The molecular formula is C15H22N2O3. The maximum Gasteiger partial charge on any atom is 0.257 e. The number of aryl methyl sites for hydroxylation is 1. The molecule has 1 amide bonds. The summed E-state index contributed by atoms with van der Waals surface area (Å²) in [7, 11) is 3.47. The average Bonchev–Trinajstić information content (AvgIpc) is 2.47. The van der Waals surface area contributed by atoms with Gasteiger partial charge in [0.15, 0.2) is 0 Å². The van der Waals surface area contributed by atoms with Gasteiger partial charge in [0.2, 0.25) is 0 Å². The second kappa shape index (κ2) is 6.72. The maximum atomic E-state index is 12.7. The Labute approximate surface area is 119 Å². The lowest BCUT2D eigenvalue weighted by Crippen LogP contribution is -2.48. The Kier molecular flexibility index (Phi) is 4.98. The molecule has 5 nitrogen and oxygen atoms in total. The van der Waals surface area contributed by atoms with E-state index in [2.05, 4.69) is 5.32 Å². The summed E-state index contributed by atoms with van der Waals surface area (Å²) in [5.74, 6) is 0.632. The second-order valence-corrected chi connectivity index (χ2v) is 5.01. The topological polar surface area (TPSA) is 50.8 Å². The Morgan fingerprint density at radius 3 is 3.05 bits per heavy atom. The summed E-state index contributed by atoms with van der Waals surface area (Å²) in [6.45, 7) is 4.52. The third-order valence-electron chi connectivity index (χ3n) is 3.44. The van der Waals surface area contributed by atoms with Gasteiger partial charge in [-0.05, 0) is 26.1 Å². The highest BCUT2D eigenvalue weighted by atomic mass is 16.5. The van der Waals surface area contributed by atoms with Gasteiger partial charge in [0, 0.05) is 19.6 Å². The smallest absolute Gasteiger partial charge is 0.257 e. The van der Waals surface area contributed by atoms with Crippen molar-refractivity contribution in [1.29, 1.82) is 0 Å². The van der Waals surface area contributed by atoms with Gasteiger partial charge < -0.3 is 19.7 Å². The van der Waals surface area contributed by atoms with Crippen LogP contribution in [0.2, 0.25) is 0 Å². The number of carbonyl (C=O) groups is 1. The van der Waals surface area contributed by atoms with Gasteiger partial charge in [-0.1, -0.05) is 11.6 Å². The van der Waals surface area contributed by atoms with Crippen molar-refractivity contribution in [3.63, 3.8) is 0 Å². The SMILES string of the molecule is CNCC1CN(C(=O)c2cc(C)ccc2OC)CCO1. The number of nitrogens with zero attached hydrogens (tertiary/aromatic N) is 1. The number of nitrogens with one attached hydrogen (secondary N) is 1. The Hall–Kier alpha value is -1.59. The fraction of sp³-hybridized carbons (Fsp3) is 0.533. The molecule has 1 unspecified atom stereocenters. The lowest BCUT2D eigenvalue weighted by molar-refractivity contribution is -0.0197. The first-order valence-corrected chi connectivity index (χ1v) is 6.86. The third kappa shape index (κ3) is 3.29. The zero-order chi connectivity index (χ0) is 14.5. The highest BCUT2D eigenvalue weighted by molar-refractivity contribution is 5.97. The van der Waals surface area contributed by atoms with E-state index in [0.717, 1.165) is 12.1 Å². The molecule has 2 rings (SSSR count). The standard InChI is InChI=1S/C15H22N2O3/c1-11-4-5-14(19-3)13(8-11)15(18)17-6-7-20-12(10-17)9-16-2/h4-5,8,12,16H,6-7,9-10H2,1-3H3. The van der Waals surface area contributed by atoms with Crippen LogP contribution in [0.3, 0.4) is 0 Å². The van der Waals surface area contributed by atoms with Crippen molar-refractivity contribution in [2.45, 2.75) is 13.0 Å². The predicted octanol–water partition coefficient (Wildman–Crippen LogP) is 1.06. The van der Waals surface area contributed by atoms with E-state index in [1.54, 1.807) is 7.11 Å². The number of rotatable bonds is 4. The number of benzene rings is 1. The van der Waals surface area contributed by atoms with E-state index in [1.807, 2.05) is 37.1 Å². The van der Waals surface area contributed by atoms with E-state index in [-0.39, 0.29) is 12.0 Å². The van der Waals surface area contributed by atoms with Gasteiger partial charge in [0.25, 0.3) is 5.91 Å². The van der Waals surface area contributed by atoms with Crippen LogP contribution < -0.4 is 10.1 Å². The van der Waals surface area contributed by atoms with E-state index in [0.29, 0.717) is 31.0 Å². The van der Waals surface area contributed by atoms with E-state index >= 15 is 0 Å². The zero-order valence-corrected chi connectivity index (χ0v) is 12.3. The second-order valence-electron chi connectivity index (χ2n) is 5.01. The Balaban J connectivity index is 2.16. The molecule has 0 aromatic heterocycles. The van der Waals surface area contributed by atoms with E-state index in [9.17, 15) is 4.79 Å². The van der Waals surface area contributed by atoms with Crippen molar-refractivity contribution >= 4 is 5.91 Å². The maximum absolute atomic E-state index is 12.7. The molecule has 0 spiro atoms. The van der Waals surface area contributed by atoms with Crippen molar-refractivity contribution < 1.29 is 14.3 Å². The van der Waals surface area contributed by atoms with Crippen LogP contribution in [0.1, 0.15) is 15.9 Å². The quantitative estimate of drug-likeness (QED) is 0.895. The van der Waals surface area contributed by atoms with Crippen molar-refractivity contribution in [3.05, 3.63) is 29.3 Å². The van der Waals surface area contributed by atoms with Crippen LogP contribution in [0.15, 0.2) is 18.2 Å². The zero-order valence-electron chi connectivity index (χ0n) is 12.3. The average molecular weight is 278 g/mol. The third-order valence-corrected chi connectivity index (χ3v) is 3.44. The Bertz CT molecular complexity index is 474. The summed E-state index contributed by atoms with van der Waals surface area (Å²) in [4.78, 5) is 14.5. The molecule has 1 aromatic carbocycles. The van der Waals surface area contributed by atoms with Crippen LogP contribution in [-0.2, 0) is 4.74 Å². The van der Waals surface area contributed by atoms with Crippen molar-refractivity contribution in [1.82, 2.24) is 10.2 Å². The summed E-state index contributed by atoms with van der Waals surface area (Å²) >= 11 is 0. The summed E-state index contributed by atoms with van der Waals surface area (Å²) in [5.41, 5.74) is 1.67. The molecule has 1 aromatic rings. The minimum absolute atomic E-state index is 0.00922. The normalized spacial score (nSPS) is 18.9. The number of methoxy groups -OCH3 is 1. The highest BCUT2D eigenvalue weighted by Crippen LogP contribution is 2.22. The fourth-order valence-corrected chi connectivity index (χ4v) is 2.41. The molecule has 1 saturated heterocycles. The molecule has 1 N–H and O–H groups in total. The lowest BCUT2D eigenvalue weighted by Gasteiger charge is -2.33. The minimum Gasteiger partial charge on any atom is -0.496 e. The van der Waals surface area contributed by atoms with Gasteiger partial charge in [-0.2, -0.15) is 0 Å². The molecule has 1 atom stereocenters. The Morgan fingerprint density at radius 2 is 2.35 bits per heavy atom. The molecule has 0 bridgehead atoms. The lowest BCUT2D eigenvalue weighted by atomic mass is 10.1.